The molecule has 0 bridgehead atoms. The topological polar surface area (TPSA) is 84.5 Å². The number of benzene rings is 1. The first kappa shape index (κ1) is 15.6. The lowest BCUT2D eigenvalue weighted by atomic mass is 10.2. The van der Waals surface area contributed by atoms with Gasteiger partial charge in [-0.1, -0.05) is 30.3 Å². The fourth-order valence-electron chi connectivity index (χ4n) is 1.30. The first-order chi connectivity index (χ1) is 8.97. The summed E-state index contributed by atoms with van der Waals surface area (Å²) < 4.78 is 28.9. The molecular formula is C12H18N2O4S. The van der Waals surface area contributed by atoms with Crippen molar-refractivity contribution >= 4 is 16.0 Å². The highest BCUT2D eigenvalue weighted by atomic mass is 32.2. The summed E-state index contributed by atoms with van der Waals surface area (Å²) in [7, 11) is -3.18. The van der Waals surface area contributed by atoms with E-state index in [0.29, 0.717) is 6.54 Å². The predicted octanol–water partition coefficient (Wildman–Crippen LogP) is -0.131. The van der Waals surface area contributed by atoms with E-state index in [9.17, 15) is 13.2 Å². The molecule has 7 heteroatoms. The summed E-state index contributed by atoms with van der Waals surface area (Å²) in [5.74, 6) is -0.372. The van der Waals surface area contributed by atoms with Crippen LogP contribution in [0.1, 0.15) is 5.56 Å². The largest absolute Gasteiger partial charge is 0.460 e. The summed E-state index contributed by atoms with van der Waals surface area (Å²) in [4.78, 5) is 11.4. The van der Waals surface area contributed by atoms with Gasteiger partial charge in [-0.05, 0) is 5.56 Å². The Hall–Kier alpha value is -1.44. The minimum atomic E-state index is -3.18. The van der Waals surface area contributed by atoms with Gasteiger partial charge in [-0.15, -0.1) is 0 Å². The van der Waals surface area contributed by atoms with Crippen molar-refractivity contribution in [2.75, 3.05) is 25.9 Å². The molecule has 0 heterocycles. The molecule has 0 aromatic heterocycles. The standard InChI is InChI=1S/C12H18N2O4S/c1-19(16,17)14-8-7-13-9-12(15)18-10-11-5-3-2-4-6-11/h2-6,13-14H,7-10H2,1H3. The molecule has 0 amide bonds. The Morgan fingerprint density at radius 2 is 1.89 bits per heavy atom. The van der Waals surface area contributed by atoms with E-state index in [1.54, 1.807) is 0 Å². The van der Waals surface area contributed by atoms with Gasteiger partial charge in [0.2, 0.25) is 10.0 Å². The van der Waals surface area contributed by atoms with Crippen molar-refractivity contribution < 1.29 is 17.9 Å². The molecule has 6 nitrogen and oxygen atoms in total. The second-order valence-corrected chi connectivity index (χ2v) is 5.82. The van der Waals surface area contributed by atoms with Crippen molar-refractivity contribution in [2.24, 2.45) is 0 Å². The predicted molar refractivity (Wildman–Crippen MR) is 72.0 cm³/mol. The molecule has 1 aromatic carbocycles. The Morgan fingerprint density at radius 3 is 2.53 bits per heavy atom. The molecule has 0 spiro atoms. The number of sulfonamides is 1. The summed E-state index contributed by atoms with van der Waals surface area (Å²) >= 11 is 0. The summed E-state index contributed by atoms with van der Waals surface area (Å²) in [5, 5.41) is 2.79. The number of hydrogen-bond donors (Lipinski definition) is 2. The van der Waals surface area contributed by atoms with Crippen molar-refractivity contribution in [3.8, 4) is 0 Å². The van der Waals surface area contributed by atoms with Crippen molar-refractivity contribution in [1.29, 1.82) is 0 Å². The lowest BCUT2D eigenvalue weighted by molar-refractivity contribution is -0.143. The summed E-state index contributed by atoms with van der Waals surface area (Å²) in [6.45, 7) is 0.902. The second-order valence-electron chi connectivity index (χ2n) is 3.99. The van der Waals surface area contributed by atoms with Gasteiger partial charge < -0.3 is 10.1 Å². The van der Waals surface area contributed by atoms with Crippen molar-refractivity contribution in [1.82, 2.24) is 10.0 Å². The van der Waals surface area contributed by atoms with E-state index >= 15 is 0 Å². The second kappa shape index (κ2) is 7.88. The van der Waals surface area contributed by atoms with Gasteiger partial charge >= 0.3 is 5.97 Å². The molecule has 0 aliphatic carbocycles. The van der Waals surface area contributed by atoms with E-state index in [0.717, 1.165) is 11.8 Å². The van der Waals surface area contributed by atoms with E-state index in [4.69, 9.17) is 4.74 Å². The van der Waals surface area contributed by atoms with Gasteiger partial charge in [-0.2, -0.15) is 0 Å². The number of esters is 1. The van der Waals surface area contributed by atoms with Crippen LogP contribution in [0.3, 0.4) is 0 Å². The highest BCUT2D eigenvalue weighted by Gasteiger charge is 2.03. The molecular weight excluding hydrogens is 268 g/mol. The van der Waals surface area contributed by atoms with Gasteiger partial charge in [-0.25, -0.2) is 13.1 Å². The van der Waals surface area contributed by atoms with Gasteiger partial charge in [0.25, 0.3) is 0 Å². The normalized spacial score (nSPS) is 11.2. The molecule has 0 atom stereocenters. The van der Waals surface area contributed by atoms with E-state index in [-0.39, 0.29) is 25.7 Å². The van der Waals surface area contributed by atoms with Crippen LogP contribution in [-0.4, -0.2) is 40.3 Å². The number of hydrogen-bond acceptors (Lipinski definition) is 5. The van der Waals surface area contributed by atoms with E-state index < -0.39 is 10.0 Å². The van der Waals surface area contributed by atoms with Crippen LogP contribution < -0.4 is 10.0 Å². The van der Waals surface area contributed by atoms with Crippen LogP contribution in [0.15, 0.2) is 30.3 Å². The fourth-order valence-corrected chi connectivity index (χ4v) is 1.78. The first-order valence-corrected chi connectivity index (χ1v) is 7.71. The molecule has 1 rings (SSSR count). The molecule has 19 heavy (non-hydrogen) atoms. The summed E-state index contributed by atoms with van der Waals surface area (Å²) in [6, 6.07) is 9.38. The molecule has 0 fully saturated rings. The monoisotopic (exact) mass is 286 g/mol. The van der Waals surface area contributed by atoms with Gasteiger partial charge in [0.05, 0.1) is 12.8 Å². The fraction of sp³-hybridized carbons (Fsp3) is 0.417. The number of carbonyl (C=O) groups is 1. The highest BCUT2D eigenvalue weighted by molar-refractivity contribution is 7.88. The maximum atomic E-state index is 11.4. The van der Waals surface area contributed by atoms with Crippen LogP contribution in [0.4, 0.5) is 0 Å². The number of carbonyl (C=O) groups excluding carboxylic acids is 1. The number of nitrogens with one attached hydrogen (secondary N) is 2. The van der Waals surface area contributed by atoms with Crippen molar-refractivity contribution in [3.05, 3.63) is 35.9 Å². The van der Waals surface area contributed by atoms with E-state index in [1.165, 1.54) is 0 Å². The smallest absolute Gasteiger partial charge is 0.320 e. The van der Waals surface area contributed by atoms with E-state index in [2.05, 4.69) is 10.0 Å². The number of ether oxygens (including phenoxy) is 1. The lowest BCUT2D eigenvalue weighted by Gasteiger charge is -2.06. The van der Waals surface area contributed by atoms with Crippen molar-refractivity contribution in [2.45, 2.75) is 6.61 Å². The molecule has 0 saturated heterocycles. The Balaban J connectivity index is 2.09. The molecule has 106 valence electrons. The average molecular weight is 286 g/mol. The van der Waals surface area contributed by atoms with E-state index in [1.807, 2.05) is 30.3 Å². The maximum Gasteiger partial charge on any atom is 0.320 e. The Labute approximate surface area is 113 Å². The molecule has 2 N–H and O–H groups in total. The molecule has 0 saturated carbocycles. The molecule has 0 radical (unpaired) electrons. The number of rotatable bonds is 8. The van der Waals surface area contributed by atoms with Crippen molar-refractivity contribution in [3.63, 3.8) is 0 Å². The van der Waals surface area contributed by atoms with Crippen LogP contribution >= 0.6 is 0 Å². The van der Waals surface area contributed by atoms with Gasteiger partial charge in [0.1, 0.15) is 6.61 Å². The third-order valence-corrected chi connectivity index (χ3v) is 2.91. The molecule has 0 unspecified atom stereocenters. The quantitative estimate of drug-likeness (QED) is 0.513. The highest BCUT2D eigenvalue weighted by Crippen LogP contribution is 2.00. The minimum absolute atomic E-state index is 0.0538. The third-order valence-electron chi connectivity index (χ3n) is 2.18. The molecule has 1 aromatic rings. The van der Waals surface area contributed by atoms with Crippen LogP contribution in [0, 0.1) is 0 Å². The van der Waals surface area contributed by atoms with Gasteiger partial charge in [0.15, 0.2) is 0 Å². The summed E-state index contributed by atoms with van der Waals surface area (Å²) in [5.41, 5.74) is 0.926. The van der Waals surface area contributed by atoms with Gasteiger partial charge in [0, 0.05) is 13.1 Å². The third kappa shape index (κ3) is 8.30. The van der Waals surface area contributed by atoms with Gasteiger partial charge in [-0.3, -0.25) is 4.79 Å². The van der Waals surface area contributed by atoms with Crippen LogP contribution in [0.25, 0.3) is 0 Å². The zero-order valence-electron chi connectivity index (χ0n) is 10.8. The first-order valence-electron chi connectivity index (χ1n) is 5.82. The van der Waals surface area contributed by atoms with Crippen LogP contribution in [0.5, 0.6) is 0 Å². The molecule has 0 aliphatic rings. The minimum Gasteiger partial charge on any atom is -0.460 e. The Kier molecular flexibility index (Phi) is 6.48. The Bertz CT molecular complexity index is 488. The Morgan fingerprint density at radius 1 is 1.21 bits per heavy atom. The SMILES string of the molecule is CS(=O)(=O)NCCNCC(=O)OCc1ccccc1. The van der Waals surface area contributed by atoms with Crippen LogP contribution in [0.2, 0.25) is 0 Å². The zero-order chi connectivity index (χ0) is 14.1. The lowest BCUT2D eigenvalue weighted by Crippen LogP contribution is -2.34. The van der Waals surface area contributed by atoms with Crippen LogP contribution in [-0.2, 0) is 26.2 Å². The maximum absolute atomic E-state index is 11.4. The molecule has 0 aliphatic heterocycles. The summed E-state index contributed by atoms with van der Waals surface area (Å²) in [6.07, 6.45) is 1.08. The average Bonchev–Trinajstić information content (AvgIpc) is 2.36. The zero-order valence-corrected chi connectivity index (χ0v) is 11.6.